The number of rotatable bonds is 3. The van der Waals surface area contributed by atoms with Crippen molar-refractivity contribution < 1.29 is 23.5 Å². The molecule has 6 heteroatoms. The molecule has 1 aliphatic rings. The zero-order chi connectivity index (χ0) is 16.4. The first-order chi connectivity index (χ1) is 10.3. The maximum Gasteiger partial charge on any atom is 0.306 e. The van der Waals surface area contributed by atoms with Gasteiger partial charge in [-0.2, -0.15) is 0 Å². The van der Waals surface area contributed by atoms with Crippen molar-refractivity contribution in [3.05, 3.63) is 28.6 Å². The topological polar surface area (TPSA) is 72.5 Å². The van der Waals surface area contributed by atoms with E-state index < -0.39 is 17.7 Å². The highest BCUT2D eigenvalue weighted by Gasteiger charge is 2.33. The summed E-state index contributed by atoms with van der Waals surface area (Å²) in [6.45, 7) is 2.91. The van der Waals surface area contributed by atoms with Crippen molar-refractivity contribution in [2.45, 2.75) is 33.1 Å². The molecule has 1 unspecified atom stereocenters. The summed E-state index contributed by atoms with van der Waals surface area (Å²) in [5, 5.41) is 2.50. The van der Waals surface area contributed by atoms with Gasteiger partial charge in [-0.1, -0.05) is 0 Å². The number of hydrogen-bond acceptors (Lipinski definition) is 4. The molecular weight excluding hydrogens is 289 g/mol. The number of carbonyl (C=O) groups is 3. The van der Waals surface area contributed by atoms with Crippen LogP contribution < -0.4 is 5.32 Å². The van der Waals surface area contributed by atoms with Gasteiger partial charge in [-0.3, -0.25) is 14.4 Å². The van der Waals surface area contributed by atoms with Gasteiger partial charge in [-0.25, -0.2) is 4.39 Å². The molecule has 0 spiro atoms. The quantitative estimate of drug-likeness (QED) is 0.870. The van der Waals surface area contributed by atoms with Gasteiger partial charge < -0.3 is 10.1 Å². The smallest absolute Gasteiger partial charge is 0.306 e. The van der Waals surface area contributed by atoms with E-state index in [4.69, 9.17) is 0 Å². The molecule has 0 saturated heterocycles. The number of esters is 1. The summed E-state index contributed by atoms with van der Waals surface area (Å²) in [7, 11) is 1.27. The van der Waals surface area contributed by atoms with E-state index in [1.165, 1.54) is 14.0 Å². The van der Waals surface area contributed by atoms with E-state index >= 15 is 0 Å². The van der Waals surface area contributed by atoms with E-state index in [-0.39, 0.29) is 23.8 Å². The average Bonchev–Trinajstić information content (AvgIpc) is 2.45. The Kier molecular flexibility index (Phi) is 4.59. The van der Waals surface area contributed by atoms with Gasteiger partial charge in [-0.05, 0) is 37.0 Å². The summed E-state index contributed by atoms with van der Waals surface area (Å²) in [4.78, 5) is 35.4. The van der Waals surface area contributed by atoms with Gasteiger partial charge in [0, 0.05) is 18.4 Å². The minimum atomic E-state index is -0.502. The number of ketones is 1. The van der Waals surface area contributed by atoms with Gasteiger partial charge in [0.1, 0.15) is 5.82 Å². The van der Waals surface area contributed by atoms with Crippen LogP contribution in [0.5, 0.6) is 0 Å². The Balaban J connectivity index is 2.47. The second-order valence-electron chi connectivity index (χ2n) is 5.45. The predicted molar refractivity (Wildman–Crippen MR) is 78.2 cm³/mol. The molecular formula is C16H18FNO4. The van der Waals surface area contributed by atoms with E-state index in [0.717, 1.165) is 6.07 Å². The van der Waals surface area contributed by atoms with Gasteiger partial charge in [0.25, 0.3) is 0 Å². The molecule has 0 aliphatic heterocycles. The Morgan fingerprint density at radius 3 is 2.73 bits per heavy atom. The number of halogens is 1. The van der Waals surface area contributed by atoms with E-state index in [1.807, 2.05) is 0 Å². The maximum atomic E-state index is 14.0. The summed E-state index contributed by atoms with van der Waals surface area (Å²) in [6, 6.07) is 1.16. The van der Waals surface area contributed by atoms with Gasteiger partial charge in [0.2, 0.25) is 5.91 Å². The summed E-state index contributed by atoms with van der Waals surface area (Å²) >= 11 is 0. The molecule has 1 aliphatic carbocycles. The number of hydrogen-bond donors (Lipinski definition) is 1. The Bertz CT molecular complexity index is 654. The second kappa shape index (κ2) is 6.25. The molecule has 1 N–H and O–H groups in total. The van der Waals surface area contributed by atoms with Crippen LogP contribution in [-0.2, 0) is 20.7 Å². The summed E-state index contributed by atoms with van der Waals surface area (Å²) in [5.41, 5.74) is 1.50. The van der Waals surface area contributed by atoms with E-state index in [0.29, 0.717) is 29.5 Å². The van der Waals surface area contributed by atoms with Crippen LogP contribution in [0.15, 0.2) is 6.07 Å². The highest BCUT2D eigenvalue weighted by molar-refractivity contribution is 6.08. The molecule has 0 bridgehead atoms. The van der Waals surface area contributed by atoms with Crippen molar-refractivity contribution in [3.8, 4) is 0 Å². The normalized spacial score (nSPS) is 16.9. The lowest BCUT2D eigenvalue weighted by Crippen LogP contribution is -2.28. The number of Topliss-reactive ketones (excluding diaryl/α,β-unsaturated/α-hetero) is 1. The van der Waals surface area contributed by atoms with Crippen LogP contribution in [0.25, 0.3) is 0 Å². The molecule has 0 radical (unpaired) electrons. The van der Waals surface area contributed by atoms with Crippen molar-refractivity contribution in [3.63, 3.8) is 0 Å². The van der Waals surface area contributed by atoms with Crippen LogP contribution in [0.2, 0.25) is 0 Å². The van der Waals surface area contributed by atoms with Crippen molar-refractivity contribution in [2.24, 2.45) is 5.92 Å². The van der Waals surface area contributed by atoms with Gasteiger partial charge >= 0.3 is 5.97 Å². The third-order valence-electron chi connectivity index (χ3n) is 3.96. The highest BCUT2D eigenvalue weighted by atomic mass is 19.1. The van der Waals surface area contributed by atoms with Crippen LogP contribution in [-0.4, -0.2) is 24.8 Å². The standard InChI is InChI=1S/C16H18FNO4/c1-8-11-5-4-10(6-14(20)22-3)16(21)15(11)13(7-12(8)17)18-9(2)19/h7,10H,4-6H2,1-3H3,(H,18,19). The van der Waals surface area contributed by atoms with Crippen molar-refractivity contribution in [1.82, 2.24) is 0 Å². The largest absolute Gasteiger partial charge is 0.469 e. The monoisotopic (exact) mass is 307 g/mol. The summed E-state index contributed by atoms with van der Waals surface area (Å²) in [6.07, 6.45) is 0.939. The average molecular weight is 307 g/mol. The molecule has 0 saturated carbocycles. The fourth-order valence-corrected chi connectivity index (χ4v) is 2.82. The number of anilines is 1. The fraction of sp³-hybridized carbons (Fsp3) is 0.438. The first-order valence-electron chi connectivity index (χ1n) is 7.05. The number of ether oxygens (including phenoxy) is 1. The molecule has 0 heterocycles. The lowest BCUT2D eigenvalue weighted by molar-refractivity contribution is -0.141. The Morgan fingerprint density at radius 2 is 2.14 bits per heavy atom. The van der Waals surface area contributed by atoms with Crippen molar-refractivity contribution in [2.75, 3.05) is 12.4 Å². The first kappa shape index (κ1) is 16.1. The van der Waals surface area contributed by atoms with Crippen molar-refractivity contribution >= 4 is 23.3 Å². The van der Waals surface area contributed by atoms with Crippen LogP contribution in [0.3, 0.4) is 0 Å². The van der Waals surface area contributed by atoms with Crippen LogP contribution in [0.1, 0.15) is 41.3 Å². The van der Waals surface area contributed by atoms with E-state index in [1.54, 1.807) is 6.92 Å². The number of carbonyl (C=O) groups excluding carboxylic acids is 3. The number of nitrogens with one attached hydrogen (secondary N) is 1. The molecule has 0 aromatic heterocycles. The Labute approximate surface area is 127 Å². The molecule has 5 nitrogen and oxygen atoms in total. The highest BCUT2D eigenvalue weighted by Crippen LogP contribution is 2.36. The molecule has 1 aromatic rings. The third kappa shape index (κ3) is 3.00. The predicted octanol–water partition coefficient (Wildman–Crippen LogP) is 2.40. The lowest BCUT2D eigenvalue weighted by atomic mass is 9.78. The molecule has 1 atom stereocenters. The number of fused-ring (bicyclic) bond motifs is 1. The molecule has 1 amide bonds. The molecule has 2 rings (SSSR count). The van der Waals surface area contributed by atoms with E-state index in [9.17, 15) is 18.8 Å². The van der Waals surface area contributed by atoms with Crippen LogP contribution in [0.4, 0.5) is 10.1 Å². The Hall–Kier alpha value is -2.24. The zero-order valence-electron chi connectivity index (χ0n) is 12.8. The third-order valence-corrected chi connectivity index (χ3v) is 3.96. The molecule has 1 aromatic carbocycles. The number of benzene rings is 1. The maximum absolute atomic E-state index is 14.0. The molecule has 118 valence electrons. The van der Waals surface area contributed by atoms with Gasteiger partial charge in [-0.15, -0.1) is 0 Å². The molecule has 22 heavy (non-hydrogen) atoms. The van der Waals surface area contributed by atoms with E-state index in [2.05, 4.69) is 10.1 Å². The van der Waals surface area contributed by atoms with Gasteiger partial charge in [0.05, 0.1) is 19.2 Å². The lowest BCUT2D eigenvalue weighted by Gasteiger charge is -2.26. The first-order valence-corrected chi connectivity index (χ1v) is 7.05. The number of amides is 1. The fourth-order valence-electron chi connectivity index (χ4n) is 2.82. The van der Waals surface area contributed by atoms with Crippen LogP contribution in [0, 0.1) is 18.7 Å². The van der Waals surface area contributed by atoms with Crippen LogP contribution >= 0.6 is 0 Å². The number of methoxy groups -OCH3 is 1. The molecule has 0 fully saturated rings. The van der Waals surface area contributed by atoms with Crippen molar-refractivity contribution in [1.29, 1.82) is 0 Å². The zero-order valence-corrected chi connectivity index (χ0v) is 12.8. The second-order valence-corrected chi connectivity index (χ2v) is 5.45. The Morgan fingerprint density at radius 1 is 1.45 bits per heavy atom. The van der Waals surface area contributed by atoms with Gasteiger partial charge in [0.15, 0.2) is 5.78 Å². The summed E-state index contributed by atoms with van der Waals surface area (Å²) < 4.78 is 18.6. The minimum Gasteiger partial charge on any atom is -0.469 e. The SMILES string of the molecule is COC(=O)CC1CCc2c(C)c(F)cc(NC(C)=O)c2C1=O. The summed E-state index contributed by atoms with van der Waals surface area (Å²) in [5.74, 6) is -2.05. The minimum absolute atomic E-state index is 0.00922.